The molecule has 4 aromatic rings. The molecule has 1 N–H and O–H groups in total. The van der Waals surface area contributed by atoms with Crippen LogP contribution in [0.25, 0.3) is 11.5 Å². The van der Waals surface area contributed by atoms with Gasteiger partial charge in [-0.25, -0.2) is 0 Å². The summed E-state index contributed by atoms with van der Waals surface area (Å²) in [6.45, 7) is 0.857. The Bertz CT molecular complexity index is 900. The van der Waals surface area contributed by atoms with E-state index in [0.717, 1.165) is 28.1 Å². The van der Waals surface area contributed by atoms with E-state index in [1.807, 2.05) is 18.2 Å². The molecular formula is C16H14N4O2S3. The lowest BCUT2D eigenvalue weighted by molar-refractivity contribution is 0.413. The Morgan fingerprint density at radius 2 is 2.16 bits per heavy atom. The Labute approximate surface area is 156 Å². The van der Waals surface area contributed by atoms with E-state index in [1.165, 1.54) is 4.88 Å². The summed E-state index contributed by atoms with van der Waals surface area (Å²) in [5.74, 6) is 1.99. The van der Waals surface area contributed by atoms with Crippen molar-refractivity contribution in [3.8, 4) is 11.5 Å². The SMILES string of the molecule is c1coc(-c2cc(CSc3nnc(NCCc4cccs4)s3)no2)c1. The number of nitrogens with zero attached hydrogens (tertiary/aromatic N) is 3. The molecule has 0 atom stereocenters. The van der Waals surface area contributed by atoms with Crippen LogP contribution in [-0.4, -0.2) is 21.9 Å². The highest BCUT2D eigenvalue weighted by molar-refractivity contribution is 8.00. The second kappa shape index (κ2) is 7.85. The molecule has 9 heteroatoms. The molecule has 25 heavy (non-hydrogen) atoms. The zero-order valence-corrected chi connectivity index (χ0v) is 15.5. The van der Waals surface area contributed by atoms with Crippen molar-refractivity contribution in [2.75, 3.05) is 11.9 Å². The summed E-state index contributed by atoms with van der Waals surface area (Å²) in [7, 11) is 0. The molecule has 6 nitrogen and oxygen atoms in total. The minimum atomic E-state index is 0.633. The van der Waals surface area contributed by atoms with Gasteiger partial charge in [0.05, 0.1) is 12.0 Å². The number of hydrogen-bond donors (Lipinski definition) is 1. The van der Waals surface area contributed by atoms with Crippen LogP contribution in [0.1, 0.15) is 10.6 Å². The molecule has 0 saturated carbocycles. The van der Waals surface area contributed by atoms with E-state index in [4.69, 9.17) is 8.94 Å². The number of anilines is 1. The molecule has 0 aliphatic heterocycles. The van der Waals surface area contributed by atoms with Crippen molar-refractivity contribution in [3.05, 3.63) is 52.5 Å². The van der Waals surface area contributed by atoms with E-state index in [1.54, 1.807) is 40.7 Å². The Balaban J connectivity index is 1.26. The van der Waals surface area contributed by atoms with Gasteiger partial charge in [-0.2, -0.15) is 0 Å². The molecule has 0 amide bonds. The zero-order chi connectivity index (χ0) is 16.9. The van der Waals surface area contributed by atoms with Crippen LogP contribution in [0.3, 0.4) is 0 Å². The Hall–Kier alpha value is -2.10. The lowest BCUT2D eigenvalue weighted by Gasteiger charge is -1.98. The molecule has 0 aliphatic rings. The molecular weight excluding hydrogens is 376 g/mol. The van der Waals surface area contributed by atoms with Crippen molar-refractivity contribution in [1.29, 1.82) is 0 Å². The maximum atomic E-state index is 5.29. The van der Waals surface area contributed by atoms with Crippen LogP contribution in [-0.2, 0) is 12.2 Å². The van der Waals surface area contributed by atoms with Gasteiger partial charge in [0.15, 0.2) is 10.1 Å². The molecule has 4 aromatic heterocycles. The summed E-state index contributed by atoms with van der Waals surface area (Å²) in [5.41, 5.74) is 0.846. The van der Waals surface area contributed by atoms with E-state index in [0.29, 0.717) is 17.3 Å². The van der Waals surface area contributed by atoms with E-state index >= 15 is 0 Å². The van der Waals surface area contributed by atoms with Crippen molar-refractivity contribution < 1.29 is 8.94 Å². The van der Waals surface area contributed by atoms with Crippen molar-refractivity contribution in [2.45, 2.75) is 16.5 Å². The van der Waals surface area contributed by atoms with Gasteiger partial charge in [-0.05, 0) is 30.0 Å². The third kappa shape index (κ3) is 4.30. The molecule has 0 bridgehead atoms. The zero-order valence-electron chi connectivity index (χ0n) is 13.0. The van der Waals surface area contributed by atoms with E-state index in [2.05, 4.69) is 38.2 Å². The van der Waals surface area contributed by atoms with Gasteiger partial charge in [0.25, 0.3) is 0 Å². The summed E-state index contributed by atoms with van der Waals surface area (Å²) >= 11 is 4.91. The van der Waals surface area contributed by atoms with Crippen LogP contribution >= 0.6 is 34.4 Å². The number of hydrogen-bond acceptors (Lipinski definition) is 9. The minimum absolute atomic E-state index is 0.633. The number of rotatable bonds is 8. The number of furan rings is 1. The fraction of sp³-hybridized carbons (Fsp3) is 0.188. The third-order valence-electron chi connectivity index (χ3n) is 3.30. The van der Waals surface area contributed by atoms with Crippen LogP contribution in [0, 0.1) is 0 Å². The second-order valence-electron chi connectivity index (χ2n) is 5.08. The average Bonchev–Trinajstić information content (AvgIpc) is 3.39. The molecule has 4 rings (SSSR count). The van der Waals surface area contributed by atoms with Crippen LogP contribution in [0.5, 0.6) is 0 Å². The highest BCUT2D eigenvalue weighted by Crippen LogP contribution is 2.29. The van der Waals surface area contributed by atoms with Gasteiger partial charge in [0.2, 0.25) is 10.9 Å². The number of thiophene rings is 1. The third-order valence-corrected chi connectivity index (χ3v) is 6.28. The molecule has 0 unspecified atom stereocenters. The molecule has 0 spiro atoms. The summed E-state index contributed by atoms with van der Waals surface area (Å²) in [4.78, 5) is 1.37. The van der Waals surface area contributed by atoms with Crippen molar-refractivity contribution >= 4 is 39.6 Å². The predicted octanol–water partition coefficient (Wildman–Crippen LogP) is 4.79. The second-order valence-corrected chi connectivity index (χ2v) is 8.31. The average molecular weight is 391 g/mol. The first-order valence-electron chi connectivity index (χ1n) is 7.59. The molecule has 4 heterocycles. The summed E-state index contributed by atoms with van der Waals surface area (Å²) in [6.07, 6.45) is 2.61. The van der Waals surface area contributed by atoms with Gasteiger partial charge in [-0.15, -0.1) is 21.5 Å². The van der Waals surface area contributed by atoms with Crippen LogP contribution in [0.15, 0.2) is 55.3 Å². The predicted molar refractivity (Wildman–Crippen MR) is 100 cm³/mol. The summed E-state index contributed by atoms with van der Waals surface area (Å²) in [6, 6.07) is 9.76. The Morgan fingerprint density at radius 3 is 3.00 bits per heavy atom. The minimum Gasteiger partial charge on any atom is -0.461 e. The molecule has 0 radical (unpaired) electrons. The van der Waals surface area contributed by atoms with Crippen LogP contribution < -0.4 is 5.32 Å². The highest BCUT2D eigenvalue weighted by Gasteiger charge is 2.11. The van der Waals surface area contributed by atoms with E-state index in [9.17, 15) is 0 Å². The summed E-state index contributed by atoms with van der Waals surface area (Å²) < 4.78 is 11.5. The number of thioether (sulfide) groups is 1. The van der Waals surface area contributed by atoms with E-state index in [-0.39, 0.29) is 0 Å². The van der Waals surface area contributed by atoms with Gasteiger partial charge >= 0.3 is 0 Å². The number of aromatic nitrogens is 3. The van der Waals surface area contributed by atoms with Gasteiger partial charge in [-0.1, -0.05) is 34.3 Å². The quantitative estimate of drug-likeness (QED) is 0.433. The maximum absolute atomic E-state index is 5.29. The fourth-order valence-corrected chi connectivity index (χ4v) is 4.50. The Kier molecular flexibility index (Phi) is 5.14. The van der Waals surface area contributed by atoms with Crippen molar-refractivity contribution in [2.24, 2.45) is 0 Å². The first-order valence-corrected chi connectivity index (χ1v) is 10.3. The fourth-order valence-electron chi connectivity index (χ4n) is 2.14. The molecule has 0 saturated heterocycles. The van der Waals surface area contributed by atoms with Crippen LogP contribution in [0.2, 0.25) is 0 Å². The van der Waals surface area contributed by atoms with Gasteiger partial charge in [0.1, 0.15) is 0 Å². The van der Waals surface area contributed by atoms with Crippen LogP contribution in [0.4, 0.5) is 5.13 Å². The lowest BCUT2D eigenvalue weighted by Crippen LogP contribution is -2.03. The standard InChI is InChI=1S/C16H14N4O2S3/c1-4-13(21-7-1)14-9-11(20-22-14)10-24-16-19-18-15(25-16)17-6-5-12-3-2-8-23-12/h1-4,7-9H,5-6,10H2,(H,17,18). The number of nitrogens with one attached hydrogen (secondary N) is 1. The van der Waals surface area contributed by atoms with Gasteiger partial charge in [0, 0.05) is 23.2 Å². The van der Waals surface area contributed by atoms with Crippen molar-refractivity contribution in [1.82, 2.24) is 15.4 Å². The van der Waals surface area contributed by atoms with Gasteiger partial charge in [-0.3, -0.25) is 0 Å². The van der Waals surface area contributed by atoms with Crippen molar-refractivity contribution in [3.63, 3.8) is 0 Å². The Morgan fingerprint density at radius 1 is 1.16 bits per heavy atom. The maximum Gasteiger partial charge on any atom is 0.206 e. The monoisotopic (exact) mass is 390 g/mol. The normalized spacial score (nSPS) is 11.0. The smallest absolute Gasteiger partial charge is 0.206 e. The van der Waals surface area contributed by atoms with Gasteiger partial charge < -0.3 is 14.3 Å². The molecule has 0 aliphatic carbocycles. The lowest BCUT2D eigenvalue weighted by atomic mass is 10.3. The summed E-state index contributed by atoms with van der Waals surface area (Å²) in [5, 5.41) is 18.7. The molecule has 128 valence electrons. The highest BCUT2D eigenvalue weighted by atomic mass is 32.2. The first-order chi connectivity index (χ1) is 12.4. The van der Waals surface area contributed by atoms with E-state index < -0.39 is 0 Å². The molecule has 0 fully saturated rings. The topological polar surface area (TPSA) is 77.0 Å². The first kappa shape index (κ1) is 16.4. The molecule has 0 aromatic carbocycles. The largest absolute Gasteiger partial charge is 0.461 e.